The molecule has 0 unspecified atom stereocenters. The zero-order chi connectivity index (χ0) is 4.50. The fraction of sp³-hybridized carbons (Fsp3) is 0. The van der Waals surface area contributed by atoms with Gasteiger partial charge < -0.3 is 0 Å². The molecule has 0 aromatic carbocycles. The standard InChI is InChI=1S/ClHO4.Ru/c2-1(3,4)5;/h(H,2,3,4,5);/q;+1/p-1. The van der Waals surface area contributed by atoms with Crippen molar-refractivity contribution in [1.29, 1.82) is 0 Å². The molecule has 0 aromatic rings. The van der Waals surface area contributed by atoms with E-state index >= 15 is 0 Å². The van der Waals surface area contributed by atoms with Crippen LogP contribution in [0.2, 0.25) is 0 Å². The Labute approximate surface area is 48.9 Å². The van der Waals surface area contributed by atoms with Crippen LogP contribution in [0.15, 0.2) is 0 Å². The molecule has 0 atom stereocenters. The Bertz CT molecular complexity index is 23.0. The summed E-state index contributed by atoms with van der Waals surface area (Å²) < 4.78 is 34.0. The van der Waals surface area contributed by atoms with E-state index in [0.717, 1.165) is 0 Å². The largest absolute Gasteiger partial charge is 1.00 e. The quantitative estimate of drug-likeness (QED) is 0.367. The molecule has 0 aromatic heterocycles. The second-order valence-corrected chi connectivity index (χ2v) is 1.13. The van der Waals surface area contributed by atoms with Crippen molar-refractivity contribution in [3.63, 3.8) is 0 Å². The van der Waals surface area contributed by atoms with Gasteiger partial charge in [0.05, 0.1) is 0 Å². The van der Waals surface area contributed by atoms with Gasteiger partial charge in [-0.15, -0.1) is 10.2 Å². The summed E-state index contributed by atoms with van der Waals surface area (Å²) in [7, 11) is -4.94. The minimum atomic E-state index is -4.94. The van der Waals surface area contributed by atoms with E-state index in [2.05, 4.69) is 0 Å². The first kappa shape index (κ1) is 9.89. The van der Waals surface area contributed by atoms with E-state index in [9.17, 15) is 0 Å². The van der Waals surface area contributed by atoms with Gasteiger partial charge in [-0.25, -0.2) is 18.6 Å². The zero-order valence-corrected chi connectivity index (χ0v) is 4.86. The van der Waals surface area contributed by atoms with Gasteiger partial charge in [0.25, 0.3) is 0 Å². The molecule has 0 aliphatic heterocycles. The second kappa shape index (κ2) is 2.85. The molecule has 6 heavy (non-hydrogen) atoms. The van der Waals surface area contributed by atoms with Gasteiger partial charge in [0.15, 0.2) is 0 Å². The fourth-order valence-electron chi connectivity index (χ4n) is 0. The zero-order valence-electron chi connectivity index (χ0n) is 2.36. The first-order valence-corrected chi connectivity index (χ1v) is 1.85. The monoisotopic (exact) mass is 201 g/mol. The number of hydrogen-bond acceptors (Lipinski definition) is 4. The van der Waals surface area contributed by atoms with Crippen molar-refractivity contribution in [2.75, 3.05) is 0 Å². The Balaban J connectivity index is 0. The van der Waals surface area contributed by atoms with Crippen LogP contribution in [0.3, 0.4) is 0 Å². The van der Waals surface area contributed by atoms with Crippen molar-refractivity contribution in [3.8, 4) is 0 Å². The molecule has 0 fully saturated rings. The molecular weight excluding hydrogens is 201 g/mol. The van der Waals surface area contributed by atoms with Gasteiger partial charge in [0.1, 0.15) is 0 Å². The number of rotatable bonds is 0. The average molecular weight is 201 g/mol. The van der Waals surface area contributed by atoms with Crippen LogP contribution in [-0.4, -0.2) is 0 Å². The minimum Gasteiger partial charge on any atom is -0.222 e. The smallest absolute Gasteiger partial charge is 0.222 e. The van der Waals surface area contributed by atoms with Crippen molar-refractivity contribution in [2.45, 2.75) is 0 Å². The van der Waals surface area contributed by atoms with Crippen LogP contribution < -0.4 is 18.6 Å². The third kappa shape index (κ3) is 118. The predicted octanol–water partition coefficient (Wildman–Crippen LogP) is -4.76. The molecule has 0 heterocycles. The maximum atomic E-state index is 8.49. The van der Waals surface area contributed by atoms with Gasteiger partial charge >= 0.3 is 19.5 Å². The van der Waals surface area contributed by atoms with E-state index < -0.39 is 10.2 Å². The Hall–Kier alpha value is 0.753. The first-order valence-electron chi connectivity index (χ1n) is 0.617. The Morgan fingerprint density at radius 3 is 0.833 bits per heavy atom. The van der Waals surface area contributed by atoms with Gasteiger partial charge in [0, 0.05) is 0 Å². The van der Waals surface area contributed by atoms with Crippen LogP contribution in [0, 0.1) is 10.2 Å². The third-order valence-electron chi connectivity index (χ3n) is 0. The maximum absolute atomic E-state index is 8.49. The second-order valence-electron chi connectivity index (χ2n) is 0.378. The van der Waals surface area contributed by atoms with Crippen molar-refractivity contribution in [2.24, 2.45) is 0 Å². The summed E-state index contributed by atoms with van der Waals surface area (Å²) >= 11 is 0. The summed E-state index contributed by atoms with van der Waals surface area (Å²) in [5.41, 5.74) is 0. The summed E-state index contributed by atoms with van der Waals surface area (Å²) in [6.45, 7) is 0. The normalized spacial score (nSPS) is 10.0. The Morgan fingerprint density at radius 1 is 0.833 bits per heavy atom. The van der Waals surface area contributed by atoms with E-state index in [-0.39, 0.29) is 19.5 Å². The van der Waals surface area contributed by atoms with Crippen LogP contribution in [0.1, 0.15) is 0 Å². The summed E-state index contributed by atoms with van der Waals surface area (Å²) in [6.07, 6.45) is 0. The molecule has 6 heteroatoms. The Morgan fingerprint density at radius 2 is 0.833 bits per heavy atom. The average Bonchev–Trinajstić information content (AvgIpc) is 0.722. The third-order valence-corrected chi connectivity index (χ3v) is 0. The van der Waals surface area contributed by atoms with Crippen LogP contribution in [0.25, 0.3) is 0 Å². The summed E-state index contributed by atoms with van der Waals surface area (Å²) in [5, 5.41) is 0. The van der Waals surface area contributed by atoms with Gasteiger partial charge in [-0.2, -0.15) is 0 Å². The maximum Gasteiger partial charge on any atom is 1.00 e. The summed E-state index contributed by atoms with van der Waals surface area (Å²) in [6, 6.07) is 0. The van der Waals surface area contributed by atoms with E-state index in [1.54, 1.807) is 0 Å². The molecule has 0 N–H and O–H groups in total. The van der Waals surface area contributed by atoms with Crippen LogP contribution in [0.5, 0.6) is 0 Å². The van der Waals surface area contributed by atoms with Crippen LogP contribution in [0.4, 0.5) is 0 Å². The van der Waals surface area contributed by atoms with E-state index in [1.165, 1.54) is 0 Å². The van der Waals surface area contributed by atoms with Crippen LogP contribution >= 0.6 is 0 Å². The molecular formula is ClO4Ru. The molecule has 0 bridgehead atoms. The fourth-order valence-corrected chi connectivity index (χ4v) is 0. The predicted molar refractivity (Wildman–Crippen MR) is 0 cm³/mol. The molecule has 0 amide bonds. The van der Waals surface area contributed by atoms with Crippen LogP contribution in [-0.2, 0) is 19.5 Å². The SMILES string of the molecule is [O-][Cl+3]([O-])([O-])[O-].[Ru+]. The topological polar surface area (TPSA) is 92.2 Å². The summed E-state index contributed by atoms with van der Waals surface area (Å²) in [4.78, 5) is 0. The van der Waals surface area contributed by atoms with Gasteiger partial charge in [-0.3, -0.25) is 0 Å². The molecule has 0 rings (SSSR count). The molecule has 39 valence electrons. The Kier molecular flexibility index (Phi) is 4.70. The minimum absolute atomic E-state index is 0. The van der Waals surface area contributed by atoms with Crippen molar-refractivity contribution in [3.05, 3.63) is 0 Å². The van der Waals surface area contributed by atoms with Gasteiger partial charge in [0.2, 0.25) is 0 Å². The molecule has 1 radical (unpaired) electrons. The van der Waals surface area contributed by atoms with Crippen molar-refractivity contribution < 1.29 is 48.4 Å². The number of hydrogen-bond donors (Lipinski definition) is 0. The van der Waals surface area contributed by atoms with Gasteiger partial charge in [-0.05, 0) is 0 Å². The molecule has 0 aliphatic carbocycles. The molecule has 0 spiro atoms. The van der Waals surface area contributed by atoms with Crippen molar-refractivity contribution in [1.82, 2.24) is 0 Å². The molecule has 0 aliphatic rings. The number of halogens is 1. The van der Waals surface area contributed by atoms with Crippen molar-refractivity contribution >= 4 is 0 Å². The molecule has 0 saturated heterocycles. The van der Waals surface area contributed by atoms with Gasteiger partial charge in [-0.1, -0.05) is 0 Å². The van der Waals surface area contributed by atoms with E-state index in [0.29, 0.717) is 0 Å². The summed E-state index contributed by atoms with van der Waals surface area (Å²) in [5.74, 6) is 0. The molecule has 0 saturated carbocycles. The van der Waals surface area contributed by atoms with E-state index in [1.807, 2.05) is 0 Å². The molecule has 4 nitrogen and oxygen atoms in total. The van der Waals surface area contributed by atoms with E-state index in [4.69, 9.17) is 18.6 Å². The first-order chi connectivity index (χ1) is 2.00.